The highest BCUT2D eigenvalue weighted by Crippen LogP contribution is 2.17. The smallest absolute Gasteiger partial charge is 0.362 e. The summed E-state index contributed by atoms with van der Waals surface area (Å²) in [4.78, 5) is 11.0. The quantitative estimate of drug-likeness (QED) is 0.798. The molecule has 0 aliphatic heterocycles. The first-order valence-electron chi connectivity index (χ1n) is 4.42. The van der Waals surface area contributed by atoms with Gasteiger partial charge in [0.1, 0.15) is 5.75 Å². The van der Waals surface area contributed by atoms with Gasteiger partial charge in [-0.1, -0.05) is 6.92 Å². The Hall–Kier alpha value is -1.60. The maximum Gasteiger partial charge on any atom is 0.446 e. The molecule has 7 heteroatoms. The number of nitrogens with zero attached hydrogens (tertiary/aromatic N) is 1. The minimum Gasteiger partial charge on any atom is -0.362 e. The summed E-state index contributed by atoms with van der Waals surface area (Å²) in [7, 11) is -4.52. The van der Waals surface area contributed by atoms with Crippen LogP contribution in [0.25, 0.3) is 0 Å². The van der Waals surface area contributed by atoms with Crippen molar-refractivity contribution in [3.8, 4) is 5.75 Å². The molecule has 1 radical (unpaired) electrons. The van der Waals surface area contributed by atoms with Crippen molar-refractivity contribution in [1.29, 1.82) is 0 Å². The SMILES string of the molecule is CCC(=O)[N]c1ccc(OS(=O)(=O)O)cc1. The van der Waals surface area contributed by atoms with Gasteiger partial charge < -0.3 is 4.18 Å². The van der Waals surface area contributed by atoms with E-state index < -0.39 is 10.4 Å². The van der Waals surface area contributed by atoms with Gasteiger partial charge in [0.15, 0.2) is 0 Å². The Morgan fingerprint density at radius 3 is 2.38 bits per heavy atom. The average molecular weight is 244 g/mol. The minimum atomic E-state index is -4.52. The highest BCUT2D eigenvalue weighted by molar-refractivity contribution is 7.81. The van der Waals surface area contributed by atoms with Crippen LogP contribution in [0.4, 0.5) is 5.69 Å². The molecule has 0 fully saturated rings. The Morgan fingerprint density at radius 2 is 1.94 bits per heavy atom. The van der Waals surface area contributed by atoms with Crippen molar-refractivity contribution in [2.45, 2.75) is 13.3 Å². The van der Waals surface area contributed by atoms with E-state index in [1.54, 1.807) is 6.92 Å². The van der Waals surface area contributed by atoms with Crippen LogP contribution in [0, 0.1) is 0 Å². The van der Waals surface area contributed by atoms with E-state index in [-0.39, 0.29) is 11.7 Å². The van der Waals surface area contributed by atoms with Crippen LogP contribution < -0.4 is 9.50 Å². The van der Waals surface area contributed by atoms with Crippen molar-refractivity contribution in [1.82, 2.24) is 5.32 Å². The molecule has 16 heavy (non-hydrogen) atoms. The zero-order chi connectivity index (χ0) is 12.2. The zero-order valence-electron chi connectivity index (χ0n) is 8.45. The molecule has 0 aliphatic rings. The van der Waals surface area contributed by atoms with Gasteiger partial charge in [-0.2, -0.15) is 8.42 Å². The van der Waals surface area contributed by atoms with E-state index in [0.29, 0.717) is 12.1 Å². The second-order valence-corrected chi connectivity index (χ2v) is 3.89. The van der Waals surface area contributed by atoms with Gasteiger partial charge in [0, 0.05) is 6.42 Å². The molecule has 87 valence electrons. The van der Waals surface area contributed by atoms with E-state index in [4.69, 9.17) is 4.55 Å². The first-order valence-corrected chi connectivity index (χ1v) is 5.79. The molecular weight excluding hydrogens is 234 g/mol. The molecule has 1 N–H and O–H groups in total. The summed E-state index contributed by atoms with van der Waals surface area (Å²) in [5, 5.41) is 3.71. The van der Waals surface area contributed by atoms with Crippen molar-refractivity contribution >= 4 is 22.0 Å². The van der Waals surface area contributed by atoms with Crippen molar-refractivity contribution < 1.29 is 21.9 Å². The topological polar surface area (TPSA) is 94.8 Å². The van der Waals surface area contributed by atoms with Crippen LogP contribution in [0.2, 0.25) is 0 Å². The minimum absolute atomic E-state index is 0.0506. The zero-order valence-corrected chi connectivity index (χ0v) is 9.27. The number of rotatable bonds is 4. The van der Waals surface area contributed by atoms with Crippen LogP contribution in [0.15, 0.2) is 24.3 Å². The fraction of sp³-hybridized carbons (Fsp3) is 0.222. The molecule has 1 aromatic rings. The third-order valence-corrected chi connectivity index (χ3v) is 2.00. The highest BCUT2D eigenvalue weighted by atomic mass is 32.3. The second-order valence-electron chi connectivity index (χ2n) is 2.86. The fourth-order valence-corrected chi connectivity index (χ4v) is 1.28. The third-order valence-electron chi connectivity index (χ3n) is 1.59. The molecule has 0 heterocycles. The average Bonchev–Trinajstić information content (AvgIpc) is 2.18. The molecule has 0 unspecified atom stereocenters. The predicted octanol–water partition coefficient (Wildman–Crippen LogP) is 1.04. The van der Waals surface area contributed by atoms with E-state index in [2.05, 4.69) is 9.50 Å². The van der Waals surface area contributed by atoms with Crippen LogP contribution >= 0.6 is 0 Å². The van der Waals surface area contributed by atoms with Crippen LogP contribution in [0.1, 0.15) is 13.3 Å². The van der Waals surface area contributed by atoms with Gasteiger partial charge in [-0.05, 0) is 24.3 Å². The van der Waals surface area contributed by atoms with Gasteiger partial charge in [-0.3, -0.25) is 9.35 Å². The summed E-state index contributed by atoms with van der Waals surface area (Å²) < 4.78 is 33.3. The summed E-state index contributed by atoms with van der Waals surface area (Å²) in [6, 6.07) is 5.40. The molecule has 1 amide bonds. The van der Waals surface area contributed by atoms with Gasteiger partial charge >= 0.3 is 10.4 Å². The largest absolute Gasteiger partial charge is 0.446 e. The lowest BCUT2D eigenvalue weighted by molar-refractivity contribution is -0.119. The molecule has 6 nitrogen and oxygen atoms in total. The fourth-order valence-electron chi connectivity index (χ4n) is 0.921. The summed E-state index contributed by atoms with van der Waals surface area (Å²) in [5.41, 5.74) is 0.398. The van der Waals surface area contributed by atoms with Gasteiger partial charge in [0.25, 0.3) is 0 Å². The summed E-state index contributed by atoms with van der Waals surface area (Å²) >= 11 is 0. The van der Waals surface area contributed by atoms with E-state index in [1.807, 2.05) is 0 Å². The van der Waals surface area contributed by atoms with Gasteiger partial charge in [-0.25, -0.2) is 5.32 Å². The molecule has 0 spiro atoms. The summed E-state index contributed by atoms with van der Waals surface area (Å²) in [5.74, 6) is -0.325. The second kappa shape index (κ2) is 4.95. The van der Waals surface area contributed by atoms with Gasteiger partial charge in [-0.15, -0.1) is 0 Å². The Balaban J connectivity index is 2.72. The standard InChI is InChI=1S/C9H10NO5S/c1-2-9(11)10-7-3-5-8(6-4-7)15-16(12,13)14/h3-6H,2H2,1H3,(H,12,13,14). The highest BCUT2D eigenvalue weighted by Gasteiger charge is 2.07. The number of carbonyl (C=O) groups is 1. The molecule has 0 bridgehead atoms. The monoisotopic (exact) mass is 244 g/mol. The van der Waals surface area contributed by atoms with Crippen molar-refractivity contribution in [2.24, 2.45) is 0 Å². The molecule has 1 rings (SSSR count). The maximum absolute atomic E-state index is 11.0. The lowest BCUT2D eigenvalue weighted by Gasteiger charge is -2.02. The van der Waals surface area contributed by atoms with E-state index >= 15 is 0 Å². The van der Waals surface area contributed by atoms with E-state index in [9.17, 15) is 13.2 Å². The van der Waals surface area contributed by atoms with E-state index in [0.717, 1.165) is 0 Å². The molecule has 0 aliphatic carbocycles. The summed E-state index contributed by atoms with van der Waals surface area (Å²) in [6.45, 7) is 1.68. The van der Waals surface area contributed by atoms with Crippen LogP contribution in [-0.4, -0.2) is 18.9 Å². The Labute approximate surface area is 93.2 Å². The Morgan fingerprint density at radius 1 is 1.38 bits per heavy atom. The Kier molecular flexibility index (Phi) is 3.86. The number of benzene rings is 1. The summed E-state index contributed by atoms with van der Waals surface area (Å²) in [6.07, 6.45) is 0.295. The molecule has 1 aromatic carbocycles. The predicted molar refractivity (Wildman–Crippen MR) is 55.7 cm³/mol. The lowest BCUT2D eigenvalue weighted by atomic mass is 10.3. The molecule has 0 atom stereocenters. The Bertz CT molecular complexity index is 465. The molecule has 0 saturated carbocycles. The number of amides is 1. The molecule has 0 aromatic heterocycles. The van der Waals surface area contributed by atoms with Crippen LogP contribution in [0.5, 0.6) is 5.75 Å². The molecule has 0 saturated heterocycles. The molecular formula is C9H10NO5S. The first-order chi connectivity index (χ1) is 7.40. The number of hydrogen-bond acceptors (Lipinski definition) is 4. The van der Waals surface area contributed by atoms with Crippen molar-refractivity contribution in [2.75, 3.05) is 0 Å². The van der Waals surface area contributed by atoms with Gasteiger partial charge in [0.05, 0.1) is 5.69 Å². The van der Waals surface area contributed by atoms with Gasteiger partial charge in [0.2, 0.25) is 5.91 Å². The maximum atomic E-state index is 11.0. The normalized spacial score (nSPS) is 10.9. The van der Waals surface area contributed by atoms with Crippen molar-refractivity contribution in [3.05, 3.63) is 24.3 Å². The van der Waals surface area contributed by atoms with E-state index in [1.165, 1.54) is 24.3 Å². The number of hydrogen-bond donors (Lipinski definition) is 1. The van der Waals surface area contributed by atoms with Crippen molar-refractivity contribution in [3.63, 3.8) is 0 Å². The van der Waals surface area contributed by atoms with Crippen LogP contribution in [0.3, 0.4) is 0 Å². The van der Waals surface area contributed by atoms with Crippen LogP contribution in [-0.2, 0) is 15.2 Å². The first kappa shape index (κ1) is 12.5. The third kappa shape index (κ3) is 4.28. The lowest BCUT2D eigenvalue weighted by Crippen LogP contribution is -2.09. The number of carbonyl (C=O) groups excluding carboxylic acids is 1.